The molecule has 2 aliphatic rings. The molecule has 0 bridgehead atoms. The highest BCUT2D eigenvalue weighted by atomic mass is 16.4. The van der Waals surface area contributed by atoms with E-state index in [1.165, 1.54) is 19.3 Å². The van der Waals surface area contributed by atoms with E-state index in [0.29, 0.717) is 18.4 Å². The number of hydrogen-bond acceptors (Lipinski definition) is 5. The van der Waals surface area contributed by atoms with Crippen LogP contribution in [-0.4, -0.2) is 71.4 Å². The van der Waals surface area contributed by atoms with Crippen molar-refractivity contribution in [2.24, 2.45) is 0 Å². The fraction of sp³-hybridized carbons (Fsp3) is 0.778. The largest absolute Gasteiger partial charge is 0.445 e. The van der Waals surface area contributed by atoms with Crippen LogP contribution < -0.4 is 0 Å². The zero-order valence-electron chi connectivity index (χ0n) is 15.0. The number of aromatic nitrogens is 1. The second-order valence-electron chi connectivity index (χ2n) is 7.21. The minimum absolute atomic E-state index is 0.335. The first-order valence-corrected chi connectivity index (χ1v) is 9.23. The minimum Gasteiger partial charge on any atom is -0.445 e. The zero-order chi connectivity index (χ0) is 16.9. The van der Waals surface area contributed by atoms with Crippen LogP contribution in [0.4, 0.5) is 0 Å². The summed E-state index contributed by atoms with van der Waals surface area (Å²) >= 11 is 0. The van der Waals surface area contributed by atoms with Crippen LogP contribution in [0.15, 0.2) is 10.6 Å². The van der Waals surface area contributed by atoms with Crippen molar-refractivity contribution in [3.8, 4) is 0 Å². The van der Waals surface area contributed by atoms with Crippen molar-refractivity contribution in [1.82, 2.24) is 19.7 Å². The summed E-state index contributed by atoms with van der Waals surface area (Å²) in [5, 5.41) is 0. The van der Waals surface area contributed by atoms with Gasteiger partial charge in [-0.3, -0.25) is 9.69 Å². The highest BCUT2D eigenvalue weighted by Gasteiger charge is 2.27. The second-order valence-corrected chi connectivity index (χ2v) is 7.21. The fourth-order valence-corrected chi connectivity index (χ4v) is 3.75. The number of oxazole rings is 1. The van der Waals surface area contributed by atoms with Crippen LogP contribution in [0, 0.1) is 6.92 Å². The Morgan fingerprint density at radius 1 is 1.33 bits per heavy atom. The number of rotatable bonds is 6. The van der Waals surface area contributed by atoms with Crippen LogP contribution in [0.1, 0.15) is 43.8 Å². The molecule has 0 aliphatic carbocycles. The molecule has 134 valence electrons. The normalized spacial score (nSPS) is 22.5. The molecule has 0 spiro atoms. The maximum absolute atomic E-state index is 12.3. The lowest BCUT2D eigenvalue weighted by molar-refractivity contribution is -0.132. The van der Waals surface area contributed by atoms with Crippen molar-refractivity contribution in [2.75, 3.05) is 39.8 Å². The third-order valence-corrected chi connectivity index (χ3v) is 5.28. The maximum atomic E-state index is 12.3. The van der Waals surface area contributed by atoms with Crippen molar-refractivity contribution < 1.29 is 9.21 Å². The Morgan fingerprint density at radius 2 is 2.12 bits per heavy atom. The molecule has 0 N–H and O–H groups in total. The van der Waals surface area contributed by atoms with E-state index in [2.05, 4.69) is 21.8 Å². The van der Waals surface area contributed by atoms with E-state index in [0.717, 1.165) is 57.3 Å². The van der Waals surface area contributed by atoms with E-state index in [1.807, 2.05) is 11.8 Å². The Kier molecular flexibility index (Phi) is 5.89. The number of piperidine rings is 1. The van der Waals surface area contributed by atoms with Crippen molar-refractivity contribution in [2.45, 2.75) is 51.6 Å². The lowest BCUT2D eigenvalue weighted by atomic mass is 10.1. The quantitative estimate of drug-likeness (QED) is 0.795. The van der Waals surface area contributed by atoms with Gasteiger partial charge >= 0.3 is 0 Å². The number of amides is 1. The number of likely N-dealkylation sites (N-methyl/N-ethyl adjacent to an activating group) is 1. The Balaban J connectivity index is 1.39. The van der Waals surface area contributed by atoms with E-state index in [4.69, 9.17) is 4.42 Å². The summed E-state index contributed by atoms with van der Waals surface area (Å²) in [6, 6.07) is 0.516. The van der Waals surface area contributed by atoms with Gasteiger partial charge in [0.05, 0.1) is 12.7 Å². The van der Waals surface area contributed by atoms with Gasteiger partial charge in [0.1, 0.15) is 5.76 Å². The molecule has 3 rings (SSSR count). The molecule has 2 fully saturated rings. The molecule has 1 atom stereocenters. The van der Waals surface area contributed by atoms with Crippen molar-refractivity contribution in [3.63, 3.8) is 0 Å². The highest BCUT2D eigenvalue weighted by molar-refractivity contribution is 5.76. The number of hydrogen-bond donors (Lipinski definition) is 0. The number of carbonyl (C=O) groups excluding carboxylic acids is 1. The standard InChI is InChI=1S/C18H30N4O2/c1-15-12-19-17(24-15)14-20(2)16-6-10-21(13-16)11-7-18(23)22-8-4-3-5-9-22/h12,16H,3-11,13-14H2,1-2H3/t16-/m1/s1. The summed E-state index contributed by atoms with van der Waals surface area (Å²) in [5.74, 6) is 1.98. The summed E-state index contributed by atoms with van der Waals surface area (Å²) in [4.78, 5) is 23.4. The molecule has 0 unspecified atom stereocenters. The Bertz CT molecular complexity index is 539. The molecule has 6 nitrogen and oxygen atoms in total. The van der Waals surface area contributed by atoms with Gasteiger partial charge in [-0.05, 0) is 46.2 Å². The monoisotopic (exact) mass is 334 g/mol. The van der Waals surface area contributed by atoms with Gasteiger partial charge < -0.3 is 14.2 Å². The summed E-state index contributed by atoms with van der Waals surface area (Å²) in [6.45, 7) is 7.58. The molecule has 0 saturated carbocycles. The molecule has 1 amide bonds. The molecule has 3 heterocycles. The van der Waals surface area contributed by atoms with E-state index >= 15 is 0 Å². The predicted octanol–water partition coefficient (Wildman–Crippen LogP) is 1.89. The van der Waals surface area contributed by atoms with Crippen LogP contribution in [0.25, 0.3) is 0 Å². The third-order valence-electron chi connectivity index (χ3n) is 5.28. The SMILES string of the molecule is Cc1cnc(CN(C)[C@@H]2CCN(CCC(=O)N3CCCCC3)C2)o1. The molecule has 2 aliphatic heterocycles. The topological polar surface area (TPSA) is 52.8 Å². The van der Waals surface area contributed by atoms with E-state index in [1.54, 1.807) is 6.20 Å². The molecule has 1 aromatic heterocycles. The maximum Gasteiger partial charge on any atom is 0.223 e. The van der Waals surface area contributed by atoms with E-state index in [-0.39, 0.29) is 0 Å². The molecule has 0 aromatic carbocycles. The third kappa shape index (κ3) is 4.57. The highest BCUT2D eigenvalue weighted by Crippen LogP contribution is 2.18. The van der Waals surface area contributed by atoms with Crippen molar-refractivity contribution in [3.05, 3.63) is 17.8 Å². The summed E-state index contributed by atoms with van der Waals surface area (Å²) in [5.41, 5.74) is 0. The number of aryl methyl sites for hydroxylation is 1. The van der Waals surface area contributed by atoms with Gasteiger partial charge in [-0.2, -0.15) is 0 Å². The Hall–Kier alpha value is -1.40. The van der Waals surface area contributed by atoms with Gasteiger partial charge in [0.15, 0.2) is 0 Å². The summed E-state index contributed by atoms with van der Waals surface area (Å²) < 4.78 is 5.57. The lowest BCUT2D eigenvalue weighted by Gasteiger charge is -2.28. The van der Waals surface area contributed by atoms with Gasteiger partial charge in [-0.1, -0.05) is 0 Å². The van der Waals surface area contributed by atoms with Crippen LogP contribution >= 0.6 is 0 Å². The van der Waals surface area contributed by atoms with Gasteiger partial charge in [-0.25, -0.2) is 4.98 Å². The van der Waals surface area contributed by atoms with Gasteiger partial charge in [0.2, 0.25) is 11.8 Å². The van der Waals surface area contributed by atoms with Gasteiger partial charge in [0, 0.05) is 38.6 Å². The molecule has 6 heteroatoms. The molecule has 1 aromatic rings. The first-order chi connectivity index (χ1) is 11.6. The fourth-order valence-electron chi connectivity index (χ4n) is 3.75. The average Bonchev–Trinajstić information content (AvgIpc) is 3.22. The summed E-state index contributed by atoms with van der Waals surface area (Å²) in [6.07, 6.45) is 7.19. The van der Waals surface area contributed by atoms with E-state index < -0.39 is 0 Å². The molecular formula is C18H30N4O2. The van der Waals surface area contributed by atoms with Gasteiger partial charge in [-0.15, -0.1) is 0 Å². The van der Waals surface area contributed by atoms with Crippen LogP contribution in [0.5, 0.6) is 0 Å². The van der Waals surface area contributed by atoms with Crippen molar-refractivity contribution >= 4 is 5.91 Å². The van der Waals surface area contributed by atoms with Crippen LogP contribution in [-0.2, 0) is 11.3 Å². The van der Waals surface area contributed by atoms with E-state index in [9.17, 15) is 4.79 Å². The molecule has 2 saturated heterocycles. The smallest absolute Gasteiger partial charge is 0.223 e. The molecular weight excluding hydrogens is 304 g/mol. The average molecular weight is 334 g/mol. The lowest BCUT2D eigenvalue weighted by Crippen LogP contribution is -2.38. The first-order valence-electron chi connectivity index (χ1n) is 9.23. The number of nitrogens with zero attached hydrogens (tertiary/aromatic N) is 4. The Morgan fingerprint density at radius 3 is 2.83 bits per heavy atom. The predicted molar refractivity (Wildman–Crippen MR) is 92.6 cm³/mol. The Labute approximate surface area is 144 Å². The summed E-state index contributed by atoms with van der Waals surface area (Å²) in [7, 11) is 2.13. The zero-order valence-corrected chi connectivity index (χ0v) is 15.0. The first kappa shape index (κ1) is 17.4. The van der Waals surface area contributed by atoms with Crippen LogP contribution in [0.2, 0.25) is 0 Å². The van der Waals surface area contributed by atoms with Gasteiger partial charge in [0.25, 0.3) is 0 Å². The second kappa shape index (κ2) is 8.12. The van der Waals surface area contributed by atoms with Crippen molar-refractivity contribution in [1.29, 1.82) is 0 Å². The number of carbonyl (C=O) groups is 1. The molecule has 24 heavy (non-hydrogen) atoms. The molecule has 0 radical (unpaired) electrons. The van der Waals surface area contributed by atoms with Crippen LogP contribution in [0.3, 0.4) is 0 Å². The number of likely N-dealkylation sites (tertiary alicyclic amines) is 2. The minimum atomic E-state index is 0.335.